The van der Waals surface area contributed by atoms with Crippen LogP contribution in [0.4, 0.5) is 5.82 Å². The molecule has 0 saturated carbocycles. The van der Waals surface area contributed by atoms with Gasteiger partial charge in [-0.15, -0.1) is 0 Å². The van der Waals surface area contributed by atoms with Crippen LogP contribution in [0.2, 0.25) is 5.28 Å². The molecule has 1 aliphatic rings. The number of rotatable bonds is 9. The first-order chi connectivity index (χ1) is 18.4. The van der Waals surface area contributed by atoms with Crippen molar-refractivity contribution in [3.05, 3.63) is 59.6 Å². The molecule has 0 spiro atoms. The van der Waals surface area contributed by atoms with E-state index >= 15 is 0 Å². The van der Waals surface area contributed by atoms with Crippen molar-refractivity contribution in [2.45, 2.75) is 37.5 Å². The first kappa shape index (κ1) is 28.1. The van der Waals surface area contributed by atoms with E-state index in [1.54, 1.807) is 0 Å². The third-order valence-electron chi connectivity index (χ3n) is 6.50. The molecule has 39 heavy (non-hydrogen) atoms. The minimum absolute atomic E-state index is 0.0899. The maximum absolute atomic E-state index is 12.2. The number of nitrogens with zero attached hydrogens (tertiary/aromatic N) is 4. The SMILES string of the molecule is O=P(O)(O)CP(=O)(O)CC[C@H]1O[C@@H](n2cnc3c(NCc4cccc5ccccc45)nc(Cl)nc32)C(O)[C@H]1O. The molecule has 0 radical (unpaired) electrons. The van der Waals surface area contributed by atoms with Gasteiger partial charge in [-0.3, -0.25) is 13.7 Å². The Morgan fingerprint density at radius 2 is 1.77 bits per heavy atom. The maximum Gasteiger partial charge on any atom is 0.335 e. The number of nitrogens with one attached hydrogen (secondary N) is 1. The number of aliphatic hydroxyl groups excluding tert-OH is 2. The van der Waals surface area contributed by atoms with Gasteiger partial charge in [0.1, 0.15) is 18.1 Å². The third-order valence-corrected chi connectivity index (χ3v) is 10.9. The summed E-state index contributed by atoms with van der Waals surface area (Å²) in [5.41, 5.74) is 1.59. The molecule has 2 aromatic heterocycles. The molecule has 16 heteroatoms. The van der Waals surface area contributed by atoms with Crippen molar-refractivity contribution >= 4 is 54.3 Å². The molecule has 1 saturated heterocycles. The number of imidazole rings is 1. The van der Waals surface area contributed by atoms with Crippen molar-refractivity contribution < 1.29 is 38.8 Å². The van der Waals surface area contributed by atoms with Crippen LogP contribution in [0.5, 0.6) is 0 Å². The van der Waals surface area contributed by atoms with Gasteiger partial charge in [-0.1, -0.05) is 42.5 Å². The topological polar surface area (TPSA) is 200 Å². The van der Waals surface area contributed by atoms with Crippen molar-refractivity contribution in [1.29, 1.82) is 0 Å². The lowest BCUT2D eigenvalue weighted by molar-refractivity contribution is -0.0354. The lowest BCUT2D eigenvalue weighted by atomic mass is 10.0. The standard InChI is InChI=1S/C23H26ClN5O8P2/c24-23-27-20(25-10-14-6-3-5-13-4-1-2-7-15(13)14)17-21(28-23)29(11-26-17)22-19(31)18(30)16(37-22)8-9-38(32,33)12-39(34,35)36/h1-7,11,16,18-19,22,30-31H,8-10,12H2,(H,32,33)(H,25,27,28)(H2,34,35,36)/t16-,18+,19?,22-/m1/s1. The van der Waals surface area contributed by atoms with Gasteiger partial charge in [-0.25, -0.2) is 4.98 Å². The number of halogens is 1. The Morgan fingerprint density at radius 1 is 1.03 bits per heavy atom. The van der Waals surface area contributed by atoms with Crippen LogP contribution in [0.25, 0.3) is 21.9 Å². The molecule has 13 nitrogen and oxygen atoms in total. The molecule has 5 atom stereocenters. The van der Waals surface area contributed by atoms with Crippen LogP contribution in [0, 0.1) is 0 Å². The van der Waals surface area contributed by atoms with Crippen molar-refractivity contribution in [3.63, 3.8) is 0 Å². The third kappa shape index (κ3) is 6.17. The average molecular weight is 598 g/mol. The van der Waals surface area contributed by atoms with E-state index in [0.29, 0.717) is 17.9 Å². The van der Waals surface area contributed by atoms with Crippen LogP contribution >= 0.6 is 26.6 Å². The molecule has 0 bridgehead atoms. The smallest absolute Gasteiger partial charge is 0.335 e. The fraction of sp³-hybridized carbons (Fsp3) is 0.348. The van der Waals surface area contributed by atoms with E-state index in [2.05, 4.69) is 20.3 Å². The van der Waals surface area contributed by atoms with Crippen molar-refractivity contribution in [2.75, 3.05) is 17.4 Å². The number of ether oxygens (including phenoxy) is 1. The highest BCUT2D eigenvalue weighted by molar-refractivity contribution is 7.72. The van der Waals surface area contributed by atoms with Gasteiger partial charge in [0.15, 0.2) is 23.2 Å². The quantitative estimate of drug-likeness (QED) is 0.122. The number of aliphatic hydroxyl groups is 2. The van der Waals surface area contributed by atoms with Gasteiger partial charge >= 0.3 is 7.60 Å². The predicted molar refractivity (Wildman–Crippen MR) is 144 cm³/mol. The Labute approximate surface area is 227 Å². The summed E-state index contributed by atoms with van der Waals surface area (Å²) in [6.45, 7) is 0.413. The summed E-state index contributed by atoms with van der Waals surface area (Å²) in [5, 5.41) is 26.5. The molecule has 0 amide bonds. The lowest BCUT2D eigenvalue weighted by Crippen LogP contribution is -2.32. The number of aromatic nitrogens is 4. The average Bonchev–Trinajstić information content (AvgIpc) is 3.40. The Morgan fingerprint density at radius 3 is 2.54 bits per heavy atom. The predicted octanol–water partition coefficient (Wildman–Crippen LogP) is 2.66. The molecule has 4 aromatic rings. The summed E-state index contributed by atoms with van der Waals surface area (Å²) in [7, 11) is -8.91. The number of benzene rings is 2. The fourth-order valence-corrected chi connectivity index (χ4v) is 8.40. The van der Waals surface area contributed by atoms with Gasteiger partial charge < -0.3 is 34.9 Å². The number of fused-ring (bicyclic) bond motifs is 2. The van der Waals surface area contributed by atoms with Crippen LogP contribution in [0.3, 0.4) is 0 Å². The summed E-state index contributed by atoms with van der Waals surface area (Å²) >= 11 is 6.20. The van der Waals surface area contributed by atoms with E-state index in [-0.39, 0.29) is 17.4 Å². The Hall–Kier alpha value is -2.44. The Bertz CT molecular complexity index is 1610. The molecule has 6 N–H and O–H groups in total. The van der Waals surface area contributed by atoms with Crippen LogP contribution in [-0.4, -0.2) is 74.8 Å². The highest BCUT2D eigenvalue weighted by atomic mass is 35.5. The van der Waals surface area contributed by atoms with E-state index in [1.807, 2.05) is 42.5 Å². The summed E-state index contributed by atoms with van der Waals surface area (Å²) in [6.07, 6.45) is -4.51. The number of anilines is 1. The van der Waals surface area contributed by atoms with Gasteiger partial charge in [-0.2, -0.15) is 9.97 Å². The molecule has 2 unspecified atom stereocenters. The second-order valence-electron chi connectivity index (χ2n) is 9.37. The maximum atomic E-state index is 12.2. The molecule has 3 heterocycles. The molecule has 208 valence electrons. The van der Waals surface area contributed by atoms with Gasteiger partial charge in [0.2, 0.25) is 12.7 Å². The van der Waals surface area contributed by atoms with Crippen LogP contribution in [0.1, 0.15) is 18.2 Å². The molecular formula is C23H26ClN5O8P2. The van der Waals surface area contributed by atoms with Crippen LogP contribution in [-0.2, 0) is 20.4 Å². The first-order valence-electron chi connectivity index (χ1n) is 11.9. The van der Waals surface area contributed by atoms with E-state index in [1.165, 1.54) is 10.9 Å². The minimum Gasteiger partial charge on any atom is -0.388 e. The first-order valence-corrected chi connectivity index (χ1v) is 16.1. The van der Waals surface area contributed by atoms with Crippen molar-refractivity contribution in [2.24, 2.45) is 0 Å². The molecular weight excluding hydrogens is 572 g/mol. The Balaban J connectivity index is 1.36. The second-order valence-corrected chi connectivity index (χ2v) is 14.3. The molecule has 1 fully saturated rings. The summed E-state index contributed by atoms with van der Waals surface area (Å²) in [5.74, 6) is -0.829. The van der Waals surface area contributed by atoms with Gasteiger partial charge in [0.25, 0.3) is 0 Å². The number of hydrogen-bond acceptors (Lipinski definition) is 9. The Kier molecular flexibility index (Phi) is 7.82. The molecule has 5 rings (SSSR count). The van der Waals surface area contributed by atoms with E-state index in [0.717, 1.165) is 16.3 Å². The summed E-state index contributed by atoms with van der Waals surface area (Å²) in [6, 6.07) is 13.9. The lowest BCUT2D eigenvalue weighted by Gasteiger charge is -2.18. The molecule has 0 aliphatic carbocycles. The summed E-state index contributed by atoms with van der Waals surface area (Å²) < 4.78 is 30.5. The monoisotopic (exact) mass is 597 g/mol. The fourth-order valence-electron chi connectivity index (χ4n) is 4.71. The van der Waals surface area contributed by atoms with E-state index in [9.17, 15) is 24.2 Å². The van der Waals surface area contributed by atoms with Gasteiger partial charge in [0.05, 0.1) is 12.4 Å². The number of hydrogen-bond donors (Lipinski definition) is 6. The normalized spacial score (nSPS) is 23.3. The van der Waals surface area contributed by atoms with Crippen LogP contribution < -0.4 is 5.32 Å². The highest BCUT2D eigenvalue weighted by Gasteiger charge is 2.45. The van der Waals surface area contributed by atoms with Crippen molar-refractivity contribution in [1.82, 2.24) is 19.5 Å². The van der Waals surface area contributed by atoms with E-state index < -0.39 is 51.6 Å². The van der Waals surface area contributed by atoms with Gasteiger partial charge in [-0.05, 0) is 34.4 Å². The zero-order valence-corrected chi connectivity index (χ0v) is 22.8. The van der Waals surface area contributed by atoms with Gasteiger partial charge in [0, 0.05) is 12.7 Å². The zero-order valence-electron chi connectivity index (χ0n) is 20.3. The largest absolute Gasteiger partial charge is 0.388 e. The molecule has 1 aliphatic heterocycles. The minimum atomic E-state index is -4.71. The zero-order chi connectivity index (χ0) is 27.9. The van der Waals surface area contributed by atoms with Crippen molar-refractivity contribution in [3.8, 4) is 0 Å². The second kappa shape index (κ2) is 10.9. The molecule has 2 aromatic carbocycles. The van der Waals surface area contributed by atoms with Crippen LogP contribution in [0.15, 0.2) is 48.8 Å². The summed E-state index contributed by atoms with van der Waals surface area (Å²) in [4.78, 5) is 40.8. The van der Waals surface area contributed by atoms with E-state index in [4.69, 9.17) is 26.1 Å². The highest BCUT2D eigenvalue weighted by Crippen LogP contribution is 2.55.